The molecule has 114 valence electrons. The molecule has 0 atom stereocenters. The largest absolute Gasteiger partial charge is 0.378 e. The maximum absolute atomic E-state index is 11.3. The molecule has 0 spiro atoms. The van der Waals surface area contributed by atoms with E-state index in [-0.39, 0.29) is 5.69 Å². The van der Waals surface area contributed by atoms with Gasteiger partial charge >= 0.3 is 5.69 Å². The zero-order valence-electron chi connectivity index (χ0n) is 11.8. The van der Waals surface area contributed by atoms with Crippen LogP contribution in [-0.2, 0) is 4.74 Å². The van der Waals surface area contributed by atoms with Crippen molar-refractivity contribution in [1.29, 1.82) is 0 Å². The number of rotatable bonds is 6. The van der Waals surface area contributed by atoms with E-state index in [1.54, 1.807) is 6.07 Å². The first-order chi connectivity index (χ1) is 10.3. The summed E-state index contributed by atoms with van der Waals surface area (Å²) in [4.78, 5) is 15.5. The molecule has 0 aromatic carbocycles. The van der Waals surface area contributed by atoms with Crippen molar-refractivity contribution in [2.24, 2.45) is 0 Å². The molecule has 0 aliphatic carbocycles. The van der Waals surface area contributed by atoms with Crippen LogP contribution in [0, 0.1) is 0 Å². The number of hydrogen-bond donors (Lipinski definition) is 3. The van der Waals surface area contributed by atoms with Crippen molar-refractivity contribution in [2.45, 2.75) is 25.4 Å². The summed E-state index contributed by atoms with van der Waals surface area (Å²) in [7, 11) is 0. The molecule has 2 aromatic heterocycles. The van der Waals surface area contributed by atoms with Crippen molar-refractivity contribution < 1.29 is 4.74 Å². The van der Waals surface area contributed by atoms with Crippen molar-refractivity contribution in [3.8, 4) is 0 Å². The molecule has 1 fully saturated rings. The Balaban J connectivity index is 1.40. The van der Waals surface area contributed by atoms with Crippen LogP contribution in [0.1, 0.15) is 19.3 Å². The Bertz CT molecular complexity index is 631. The van der Waals surface area contributed by atoms with Crippen LogP contribution in [0.15, 0.2) is 17.2 Å². The van der Waals surface area contributed by atoms with E-state index in [2.05, 4.69) is 25.8 Å². The summed E-state index contributed by atoms with van der Waals surface area (Å²) < 4.78 is 7.20. The lowest BCUT2D eigenvalue weighted by Crippen LogP contribution is -2.32. The van der Waals surface area contributed by atoms with Crippen molar-refractivity contribution in [3.05, 3.63) is 22.9 Å². The topological polar surface area (TPSA) is 96.3 Å². The monoisotopic (exact) mass is 292 g/mol. The second-order valence-electron chi connectivity index (χ2n) is 5.13. The van der Waals surface area contributed by atoms with Gasteiger partial charge in [-0.1, -0.05) is 0 Å². The number of piperidine rings is 1. The summed E-state index contributed by atoms with van der Waals surface area (Å²) in [5.41, 5.74) is 0.280. The second-order valence-corrected chi connectivity index (χ2v) is 5.13. The minimum atomic E-state index is -0.278. The molecule has 1 aliphatic rings. The molecule has 0 amide bonds. The quantitative estimate of drug-likeness (QED) is 0.648. The van der Waals surface area contributed by atoms with Gasteiger partial charge in [-0.05, 0) is 32.4 Å². The van der Waals surface area contributed by atoms with E-state index in [1.807, 2.05) is 0 Å². The predicted molar refractivity (Wildman–Crippen MR) is 78.6 cm³/mol. The van der Waals surface area contributed by atoms with Crippen LogP contribution in [0.2, 0.25) is 0 Å². The predicted octanol–water partition coefficient (Wildman–Crippen LogP) is -0.0118. The molecule has 21 heavy (non-hydrogen) atoms. The molecule has 8 nitrogen and oxygen atoms in total. The first kappa shape index (κ1) is 14.0. The van der Waals surface area contributed by atoms with Gasteiger partial charge in [-0.3, -0.25) is 0 Å². The van der Waals surface area contributed by atoms with Crippen LogP contribution >= 0.6 is 0 Å². The first-order valence-electron chi connectivity index (χ1n) is 7.32. The van der Waals surface area contributed by atoms with Gasteiger partial charge in [0, 0.05) is 19.2 Å². The van der Waals surface area contributed by atoms with Gasteiger partial charge in [-0.2, -0.15) is 5.10 Å². The fourth-order valence-electron chi connectivity index (χ4n) is 2.41. The maximum Gasteiger partial charge on any atom is 0.348 e. The molecule has 0 saturated carbocycles. The number of ether oxygens (including phenoxy) is 1. The number of hydrogen-bond acceptors (Lipinski definition) is 6. The maximum atomic E-state index is 11.3. The van der Waals surface area contributed by atoms with Crippen LogP contribution in [0.4, 0.5) is 5.82 Å². The number of fused-ring (bicyclic) bond motifs is 1. The average Bonchev–Trinajstić information content (AvgIpc) is 2.89. The third-order valence-corrected chi connectivity index (χ3v) is 3.58. The molecule has 2 aromatic rings. The van der Waals surface area contributed by atoms with Gasteiger partial charge in [0.05, 0.1) is 6.10 Å². The molecular weight excluding hydrogens is 272 g/mol. The molecule has 8 heteroatoms. The number of H-pyrrole nitrogens is 1. The van der Waals surface area contributed by atoms with Crippen LogP contribution < -0.4 is 16.3 Å². The van der Waals surface area contributed by atoms with Gasteiger partial charge in [0.15, 0.2) is 5.65 Å². The molecule has 1 aliphatic heterocycles. The molecule has 3 heterocycles. The van der Waals surface area contributed by atoms with Crippen molar-refractivity contribution in [3.63, 3.8) is 0 Å². The van der Waals surface area contributed by atoms with Crippen molar-refractivity contribution in [2.75, 3.05) is 31.6 Å². The van der Waals surface area contributed by atoms with Gasteiger partial charge < -0.3 is 15.4 Å². The molecule has 0 unspecified atom stereocenters. The van der Waals surface area contributed by atoms with E-state index in [4.69, 9.17) is 4.74 Å². The Hall–Kier alpha value is -1.93. The number of aromatic amines is 1. The van der Waals surface area contributed by atoms with Crippen molar-refractivity contribution >= 4 is 11.5 Å². The number of anilines is 1. The van der Waals surface area contributed by atoms with E-state index < -0.39 is 0 Å². The van der Waals surface area contributed by atoms with E-state index in [0.717, 1.165) is 45.5 Å². The second kappa shape index (κ2) is 6.68. The standard InChI is InChI=1S/C13H20N6O2/c20-13-18-17-12-8-11(16-9-19(12)13)15-4-1-7-21-10-2-5-14-6-3-10/h8-10,14-15H,1-7H2,(H,18,20). The molecule has 0 bridgehead atoms. The molecule has 0 radical (unpaired) electrons. The van der Waals surface area contributed by atoms with Gasteiger partial charge in [0.2, 0.25) is 0 Å². The fraction of sp³-hybridized carbons (Fsp3) is 0.615. The van der Waals surface area contributed by atoms with E-state index in [1.165, 1.54) is 10.7 Å². The van der Waals surface area contributed by atoms with E-state index in [9.17, 15) is 4.79 Å². The third kappa shape index (κ3) is 3.59. The Labute approximate surface area is 121 Å². The summed E-state index contributed by atoms with van der Waals surface area (Å²) in [5.74, 6) is 0.711. The SMILES string of the molecule is O=c1[nH]nc2cc(NCCCOC3CCNCC3)ncn12. The van der Waals surface area contributed by atoms with Gasteiger partial charge in [-0.25, -0.2) is 19.3 Å². The fourth-order valence-corrected chi connectivity index (χ4v) is 2.41. The molecule has 3 rings (SSSR count). The molecule has 1 saturated heterocycles. The van der Waals surface area contributed by atoms with Gasteiger partial charge in [0.1, 0.15) is 12.1 Å². The Kier molecular flexibility index (Phi) is 4.46. The molecular formula is C13H20N6O2. The highest BCUT2D eigenvalue weighted by atomic mass is 16.5. The number of nitrogens with one attached hydrogen (secondary N) is 3. The third-order valence-electron chi connectivity index (χ3n) is 3.58. The summed E-state index contributed by atoms with van der Waals surface area (Å²) in [5, 5.41) is 12.8. The van der Waals surface area contributed by atoms with E-state index >= 15 is 0 Å². The lowest BCUT2D eigenvalue weighted by Gasteiger charge is -2.22. The summed E-state index contributed by atoms with van der Waals surface area (Å²) in [6, 6.07) is 1.74. The normalized spacial score (nSPS) is 16.4. The first-order valence-corrected chi connectivity index (χ1v) is 7.32. The number of nitrogens with zero attached hydrogens (tertiary/aromatic N) is 3. The zero-order chi connectivity index (χ0) is 14.5. The average molecular weight is 292 g/mol. The summed E-state index contributed by atoms with van der Waals surface area (Å²) in [6.45, 7) is 3.64. The lowest BCUT2D eigenvalue weighted by atomic mass is 10.1. The van der Waals surface area contributed by atoms with E-state index in [0.29, 0.717) is 17.6 Å². The minimum Gasteiger partial charge on any atom is -0.378 e. The van der Waals surface area contributed by atoms with Gasteiger partial charge in [0.25, 0.3) is 0 Å². The highest BCUT2D eigenvalue weighted by Gasteiger charge is 2.12. The Morgan fingerprint density at radius 2 is 2.29 bits per heavy atom. The highest BCUT2D eigenvalue weighted by Crippen LogP contribution is 2.08. The Morgan fingerprint density at radius 1 is 1.43 bits per heavy atom. The smallest absolute Gasteiger partial charge is 0.348 e. The summed E-state index contributed by atoms with van der Waals surface area (Å²) in [6.07, 6.45) is 4.98. The Morgan fingerprint density at radius 3 is 3.14 bits per heavy atom. The molecule has 3 N–H and O–H groups in total. The van der Waals surface area contributed by atoms with Crippen LogP contribution in [0.25, 0.3) is 5.65 Å². The van der Waals surface area contributed by atoms with Crippen molar-refractivity contribution in [1.82, 2.24) is 24.9 Å². The van der Waals surface area contributed by atoms with Gasteiger partial charge in [-0.15, -0.1) is 0 Å². The lowest BCUT2D eigenvalue weighted by molar-refractivity contribution is 0.0329. The minimum absolute atomic E-state index is 0.278. The van der Waals surface area contributed by atoms with Crippen LogP contribution in [-0.4, -0.2) is 51.9 Å². The summed E-state index contributed by atoms with van der Waals surface area (Å²) >= 11 is 0. The van der Waals surface area contributed by atoms with Crippen LogP contribution in [0.3, 0.4) is 0 Å². The highest BCUT2D eigenvalue weighted by molar-refractivity contribution is 5.48. The van der Waals surface area contributed by atoms with Crippen LogP contribution in [0.5, 0.6) is 0 Å². The number of aromatic nitrogens is 4. The zero-order valence-corrected chi connectivity index (χ0v) is 11.8.